The highest BCUT2D eigenvalue weighted by atomic mass is 19.2. The van der Waals surface area contributed by atoms with Gasteiger partial charge < -0.3 is 14.4 Å². The highest BCUT2D eigenvalue weighted by molar-refractivity contribution is 5.86. The summed E-state index contributed by atoms with van der Waals surface area (Å²) in [7, 11) is 0. The van der Waals surface area contributed by atoms with Crippen LogP contribution in [0.2, 0.25) is 0 Å². The van der Waals surface area contributed by atoms with Crippen molar-refractivity contribution in [2.24, 2.45) is 0 Å². The van der Waals surface area contributed by atoms with Crippen LogP contribution in [0, 0.1) is 29.1 Å². The molecule has 1 fully saturated rings. The summed E-state index contributed by atoms with van der Waals surface area (Å²) in [4.78, 5) is 10.0. The summed E-state index contributed by atoms with van der Waals surface area (Å²) >= 11 is 0. The number of rotatable bonds is 7. The van der Waals surface area contributed by atoms with Crippen LogP contribution in [0.5, 0.6) is 0 Å². The van der Waals surface area contributed by atoms with E-state index in [1.165, 1.54) is 69.2 Å². The van der Waals surface area contributed by atoms with Gasteiger partial charge in [0.1, 0.15) is 0 Å². The Kier molecular flexibility index (Phi) is 9.15. The first-order valence-corrected chi connectivity index (χ1v) is 9.28. The highest BCUT2D eigenvalue weighted by Crippen LogP contribution is 2.22. The number of unbranched alkanes of at least 4 members (excludes halogenated alkanes) is 2. The van der Waals surface area contributed by atoms with Crippen LogP contribution in [0.3, 0.4) is 0 Å². The maximum absolute atomic E-state index is 12.5. The van der Waals surface area contributed by atoms with Crippen molar-refractivity contribution < 1.29 is 36.3 Å². The van der Waals surface area contributed by atoms with Crippen LogP contribution >= 0.6 is 0 Å². The molecule has 27 heavy (non-hydrogen) atoms. The molecule has 1 aromatic carbocycles. The van der Waals surface area contributed by atoms with Gasteiger partial charge in [0.2, 0.25) is 5.82 Å². The number of aromatic carboxylic acids is 1. The minimum atomic E-state index is -2.47. The van der Waals surface area contributed by atoms with Gasteiger partial charge in [-0.05, 0) is 12.8 Å². The molecule has 0 aliphatic carbocycles. The van der Waals surface area contributed by atoms with E-state index in [2.05, 4.69) is 13.8 Å². The number of hydrogen-bond donors (Lipinski definition) is 0. The minimum Gasteiger partial charge on any atom is -0.545 e. The van der Waals surface area contributed by atoms with Crippen molar-refractivity contribution in [2.75, 3.05) is 26.2 Å². The SMILES string of the molecule is CCCC[N+]1(CCCC)CCCC1.O=C([O-])c1c(F)c(F)c(F)c(F)c1F. The largest absolute Gasteiger partial charge is 0.545 e. The molecule has 0 radical (unpaired) electrons. The van der Waals surface area contributed by atoms with Crippen molar-refractivity contribution in [1.29, 1.82) is 0 Å². The van der Waals surface area contributed by atoms with Crippen molar-refractivity contribution in [3.8, 4) is 0 Å². The standard InChI is InChI=1S/C12H26N.C7HF5O2/c1-3-5-9-13(10-6-4-2)11-7-8-12-13;8-2-1(7(13)14)3(9)5(11)6(12)4(2)10/h3-12H2,1-2H3;(H,13,14)/q+1;/p-1. The first-order chi connectivity index (χ1) is 12.7. The Labute approximate surface area is 156 Å². The number of likely N-dealkylation sites (tertiary alicyclic amines) is 1. The molecule has 0 spiro atoms. The molecule has 0 amide bonds. The van der Waals surface area contributed by atoms with Gasteiger partial charge in [0.15, 0.2) is 23.3 Å². The molecule has 0 saturated carbocycles. The molecule has 1 aliphatic rings. The number of carbonyl (C=O) groups is 1. The first-order valence-electron chi connectivity index (χ1n) is 9.28. The fourth-order valence-corrected chi connectivity index (χ4v) is 3.34. The third-order valence-electron chi connectivity index (χ3n) is 4.90. The fourth-order valence-electron chi connectivity index (χ4n) is 3.34. The number of halogens is 5. The lowest BCUT2D eigenvalue weighted by molar-refractivity contribution is -0.917. The van der Waals surface area contributed by atoms with Gasteiger partial charge >= 0.3 is 0 Å². The van der Waals surface area contributed by atoms with Gasteiger partial charge in [-0.2, -0.15) is 0 Å². The molecule has 1 heterocycles. The van der Waals surface area contributed by atoms with Gasteiger partial charge in [0.25, 0.3) is 0 Å². The van der Waals surface area contributed by atoms with Crippen LogP contribution in [0.25, 0.3) is 0 Å². The summed E-state index contributed by atoms with van der Waals surface area (Å²) < 4.78 is 63.4. The Morgan fingerprint density at radius 2 is 1.19 bits per heavy atom. The maximum Gasteiger partial charge on any atom is 0.200 e. The Morgan fingerprint density at radius 1 is 0.815 bits per heavy atom. The zero-order valence-electron chi connectivity index (χ0n) is 15.7. The quantitative estimate of drug-likeness (QED) is 0.304. The van der Waals surface area contributed by atoms with Gasteiger partial charge in [-0.25, -0.2) is 22.0 Å². The van der Waals surface area contributed by atoms with Gasteiger partial charge in [-0.1, -0.05) is 26.7 Å². The van der Waals surface area contributed by atoms with Gasteiger partial charge in [-0.3, -0.25) is 0 Å². The Bertz CT molecular complexity index is 606. The molecule has 2 rings (SSSR count). The Hall–Kier alpha value is -1.70. The third-order valence-corrected chi connectivity index (χ3v) is 4.90. The topological polar surface area (TPSA) is 40.1 Å². The number of carbonyl (C=O) groups excluding carboxylic acids is 1. The maximum atomic E-state index is 12.5. The molecule has 0 unspecified atom stereocenters. The molecule has 0 aromatic heterocycles. The predicted molar refractivity (Wildman–Crippen MR) is 89.3 cm³/mol. The van der Waals surface area contributed by atoms with Crippen LogP contribution in [-0.2, 0) is 0 Å². The Balaban J connectivity index is 0.000000271. The first kappa shape index (κ1) is 23.3. The van der Waals surface area contributed by atoms with Crippen LogP contribution in [-0.4, -0.2) is 36.6 Å². The minimum absolute atomic E-state index is 1.37. The van der Waals surface area contributed by atoms with E-state index in [9.17, 15) is 31.9 Å². The van der Waals surface area contributed by atoms with E-state index in [-0.39, 0.29) is 0 Å². The molecular weight excluding hydrogens is 369 g/mol. The van der Waals surface area contributed by atoms with Crippen molar-refractivity contribution in [3.63, 3.8) is 0 Å². The molecule has 8 heteroatoms. The van der Waals surface area contributed by atoms with Crippen LogP contribution in [0.4, 0.5) is 22.0 Å². The van der Waals surface area contributed by atoms with E-state index in [0.29, 0.717) is 0 Å². The number of carboxylic acid groups (broad SMARTS) is 1. The van der Waals surface area contributed by atoms with Crippen molar-refractivity contribution in [3.05, 3.63) is 34.6 Å². The van der Waals surface area contributed by atoms with Gasteiger partial charge in [0.05, 0.1) is 37.7 Å². The lowest BCUT2D eigenvalue weighted by Crippen LogP contribution is -2.46. The molecule has 154 valence electrons. The second-order valence-electron chi connectivity index (χ2n) is 6.88. The van der Waals surface area contributed by atoms with E-state index in [1.807, 2.05) is 0 Å². The highest BCUT2D eigenvalue weighted by Gasteiger charge is 2.30. The summed E-state index contributed by atoms with van der Waals surface area (Å²) in [6.07, 6.45) is 8.56. The molecule has 1 aliphatic heterocycles. The lowest BCUT2D eigenvalue weighted by atomic mass is 10.1. The van der Waals surface area contributed by atoms with Crippen LogP contribution in [0.15, 0.2) is 0 Å². The van der Waals surface area contributed by atoms with Crippen molar-refractivity contribution in [2.45, 2.75) is 52.4 Å². The molecule has 1 aromatic rings. The number of carboxylic acids is 1. The number of hydrogen-bond acceptors (Lipinski definition) is 2. The average Bonchev–Trinajstić information content (AvgIpc) is 3.11. The fraction of sp³-hybridized carbons (Fsp3) is 0.632. The van der Waals surface area contributed by atoms with Gasteiger partial charge in [-0.15, -0.1) is 0 Å². The van der Waals surface area contributed by atoms with E-state index in [4.69, 9.17) is 0 Å². The predicted octanol–water partition coefficient (Wildman–Crippen LogP) is 3.94. The van der Waals surface area contributed by atoms with E-state index in [1.54, 1.807) is 0 Å². The van der Waals surface area contributed by atoms with E-state index >= 15 is 0 Å². The lowest BCUT2D eigenvalue weighted by Gasteiger charge is -2.34. The molecule has 0 bridgehead atoms. The van der Waals surface area contributed by atoms with Crippen LogP contribution < -0.4 is 5.11 Å². The molecule has 1 saturated heterocycles. The van der Waals surface area contributed by atoms with E-state index in [0.717, 1.165) is 0 Å². The number of quaternary nitrogens is 1. The summed E-state index contributed by atoms with van der Waals surface area (Å²) in [5.74, 6) is -14.4. The average molecular weight is 395 g/mol. The molecule has 0 atom stereocenters. The summed E-state index contributed by atoms with van der Waals surface area (Å²) in [6, 6.07) is 0. The van der Waals surface area contributed by atoms with Crippen molar-refractivity contribution >= 4 is 5.97 Å². The third kappa shape index (κ3) is 5.89. The zero-order valence-corrected chi connectivity index (χ0v) is 15.7. The summed E-state index contributed by atoms with van der Waals surface area (Å²) in [5, 5.41) is 10.0. The normalized spacial score (nSPS) is 15.4. The molecule has 0 N–H and O–H groups in total. The monoisotopic (exact) mass is 395 g/mol. The Morgan fingerprint density at radius 3 is 1.52 bits per heavy atom. The summed E-state index contributed by atoms with van der Waals surface area (Å²) in [6.45, 7) is 10.5. The molecular formula is C19H26F5NO2. The second kappa shape index (κ2) is 10.6. The zero-order chi connectivity index (χ0) is 20.6. The van der Waals surface area contributed by atoms with Crippen molar-refractivity contribution in [1.82, 2.24) is 0 Å². The summed E-state index contributed by atoms with van der Waals surface area (Å²) in [5.41, 5.74) is -1.97. The van der Waals surface area contributed by atoms with Crippen LogP contribution in [0.1, 0.15) is 62.7 Å². The van der Waals surface area contributed by atoms with E-state index < -0.39 is 40.6 Å². The smallest absolute Gasteiger partial charge is 0.200 e. The van der Waals surface area contributed by atoms with Gasteiger partial charge in [0, 0.05) is 12.8 Å². The number of nitrogens with zero attached hydrogens (tertiary/aromatic N) is 1. The second-order valence-corrected chi connectivity index (χ2v) is 6.88. The number of benzene rings is 1. The molecule has 3 nitrogen and oxygen atoms in total.